The number of hydrogen-bond acceptors (Lipinski definition) is 3. The summed E-state index contributed by atoms with van der Waals surface area (Å²) in [5.41, 5.74) is 0. The minimum Gasteiger partial charge on any atom is -0.302 e. The molecule has 102 valence electrons. The fraction of sp³-hybridized carbons (Fsp3) is 0.857. The van der Waals surface area contributed by atoms with E-state index in [0.29, 0.717) is 30.8 Å². The number of nitrogens with one attached hydrogen (secondary N) is 1. The van der Waals surface area contributed by atoms with Crippen molar-refractivity contribution >= 4 is 11.8 Å². The van der Waals surface area contributed by atoms with E-state index in [9.17, 15) is 9.59 Å². The standard InChI is InChI=1S/C14H24N2O2/c1-4-7-16-13(17)8-12(14(16)18)15-11-6-5-9(2)10(11)3/h9-12,15H,4-8H2,1-3H3. The Morgan fingerprint density at radius 3 is 2.56 bits per heavy atom. The molecule has 2 fully saturated rings. The van der Waals surface area contributed by atoms with E-state index < -0.39 is 0 Å². The number of rotatable bonds is 4. The van der Waals surface area contributed by atoms with Crippen molar-refractivity contribution in [3.8, 4) is 0 Å². The topological polar surface area (TPSA) is 49.4 Å². The van der Waals surface area contributed by atoms with Crippen molar-refractivity contribution in [1.29, 1.82) is 0 Å². The van der Waals surface area contributed by atoms with E-state index in [4.69, 9.17) is 0 Å². The van der Waals surface area contributed by atoms with Gasteiger partial charge in [0.15, 0.2) is 0 Å². The Balaban J connectivity index is 1.95. The highest BCUT2D eigenvalue weighted by molar-refractivity contribution is 6.05. The van der Waals surface area contributed by atoms with Crippen molar-refractivity contribution < 1.29 is 9.59 Å². The van der Waals surface area contributed by atoms with Crippen LogP contribution in [-0.4, -0.2) is 35.3 Å². The minimum absolute atomic E-state index is 0.0157. The predicted octanol–water partition coefficient (Wildman–Crippen LogP) is 1.55. The van der Waals surface area contributed by atoms with Crippen LogP contribution in [-0.2, 0) is 9.59 Å². The summed E-state index contributed by atoms with van der Waals surface area (Å²) >= 11 is 0. The molecule has 0 spiro atoms. The largest absolute Gasteiger partial charge is 0.302 e. The second kappa shape index (κ2) is 5.39. The first-order valence-electron chi connectivity index (χ1n) is 7.14. The van der Waals surface area contributed by atoms with Crippen LogP contribution in [0, 0.1) is 11.8 Å². The monoisotopic (exact) mass is 252 g/mol. The molecule has 0 radical (unpaired) electrons. The van der Waals surface area contributed by atoms with E-state index in [1.807, 2.05) is 6.92 Å². The van der Waals surface area contributed by atoms with Crippen molar-refractivity contribution in [2.75, 3.05) is 6.54 Å². The average molecular weight is 252 g/mol. The molecule has 1 saturated carbocycles. The molecule has 2 aliphatic rings. The third kappa shape index (κ3) is 2.44. The maximum absolute atomic E-state index is 12.1. The van der Waals surface area contributed by atoms with Crippen LogP contribution in [0.2, 0.25) is 0 Å². The van der Waals surface area contributed by atoms with Crippen LogP contribution in [0.1, 0.15) is 46.5 Å². The van der Waals surface area contributed by atoms with E-state index in [1.54, 1.807) is 0 Å². The Hall–Kier alpha value is -0.900. The predicted molar refractivity (Wildman–Crippen MR) is 69.9 cm³/mol. The molecule has 2 amide bonds. The Bertz CT molecular complexity index is 343. The zero-order chi connectivity index (χ0) is 13.3. The van der Waals surface area contributed by atoms with Crippen LogP contribution in [0.3, 0.4) is 0 Å². The minimum atomic E-state index is -0.276. The third-order valence-corrected chi connectivity index (χ3v) is 4.57. The van der Waals surface area contributed by atoms with Crippen molar-refractivity contribution in [2.45, 2.75) is 58.5 Å². The molecule has 0 bridgehead atoms. The summed E-state index contributed by atoms with van der Waals surface area (Å²) in [5.74, 6) is 1.27. The average Bonchev–Trinajstić information content (AvgIpc) is 2.78. The second-order valence-corrected chi connectivity index (χ2v) is 5.83. The van der Waals surface area contributed by atoms with Crippen LogP contribution in [0.25, 0.3) is 0 Å². The Morgan fingerprint density at radius 1 is 1.28 bits per heavy atom. The molecular formula is C14H24N2O2. The maximum Gasteiger partial charge on any atom is 0.246 e. The van der Waals surface area contributed by atoms with E-state index in [2.05, 4.69) is 19.2 Å². The number of imide groups is 1. The maximum atomic E-state index is 12.1. The summed E-state index contributed by atoms with van der Waals surface area (Å²) in [5, 5.41) is 3.41. The lowest BCUT2D eigenvalue weighted by Gasteiger charge is -2.23. The van der Waals surface area contributed by atoms with Crippen molar-refractivity contribution in [3.63, 3.8) is 0 Å². The van der Waals surface area contributed by atoms with Gasteiger partial charge in [-0.1, -0.05) is 20.8 Å². The lowest BCUT2D eigenvalue weighted by molar-refractivity contribution is -0.138. The molecule has 0 aromatic heterocycles. The summed E-state index contributed by atoms with van der Waals surface area (Å²) in [6, 6.07) is 0.116. The van der Waals surface area contributed by atoms with Crippen LogP contribution < -0.4 is 5.32 Å². The number of amides is 2. The molecule has 18 heavy (non-hydrogen) atoms. The van der Waals surface area contributed by atoms with Crippen LogP contribution in [0.5, 0.6) is 0 Å². The Morgan fingerprint density at radius 2 is 2.00 bits per heavy atom. The van der Waals surface area contributed by atoms with E-state index in [-0.39, 0.29) is 17.9 Å². The fourth-order valence-corrected chi connectivity index (χ4v) is 3.13. The van der Waals surface area contributed by atoms with Gasteiger partial charge in [-0.2, -0.15) is 0 Å². The van der Waals surface area contributed by atoms with Gasteiger partial charge < -0.3 is 5.32 Å². The molecule has 4 nitrogen and oxygen atoms in total. The number of carbonyl (C=O) groups is 2. The first kappa shape index (κ1) is 13.5. The van der Waals surface area contributed by atoms with Crippen LogP contribution in [0.15, 0.2) is 0 Å². The van der Waals surface area contributed by atoms with Gasteiger partial charge in [0.1, 0.15) is 0 Å². The molecule has 1 aliphatic carbocycles. The van der Waals surface area contributed by atoms with Crippen molar-refractivity contribution in [1.82, 2.24) is 10.2 Å². The van der Waals surface area contributed by atoms with E-state index in [1.165, 1.54) is 11.3 Å². The SMILES string of the molecule is CCCN1C(=O)CC(NC2CCC(C)C2C)C1=O. The summed E-state index contributed by atoms with van der Waals surface area (Å²) < 4.78 is 0. The molecule has 4 unspecified atom stereocenters. The van der Waals surface area contributed by atoms with E-state index in [0.717, 1.165) is 12.8 Å². The summed E-state index contributed by atoms with van der Waals surface area (Å²) in [7, 11) is 0. The molecule has 1 aliphatic heterocycles. The van der Waals surface area contributed by atoms with Gasteiger partial charge in [0.2, 0.25) is 11.8 Å². The lowest BCUT2D eigenvalue weighted by atomic mass is 9.97. The highest BCUT2D eigenvalue weighted by Gasteiger charge is 2.41. The van der Waals surface area contributed by atoms with Gasteiger partial charge in [-0.15, -0.1) is 0 Å². The molecule has 2 rings (SSSR count). The van der Waals surface area contributed by atoms with Gasteiger partial charge >= 0.3 is 0 Å². The zero-order valence-electron chi connectivity index (χ0n) is 11.6. The number of nitrogens with zero attached hydrogens (tertiary/aromatic N) is 1. The molecule has 1 heterocycles. The van der Waals surface area contributed by atoms with Gasteiger partial charge in [0.25, 0.3) is 0 Å². The summed E-state index contributed by atoms with van der Waals surface area (Å²) in [6.45, 7) is 7.05. The highest BCUT2D eigenvalue weighted by Crippen LogP contribution is 2.32. The van der Waals surface area contributed by atoms with Crippen LogP contribution in [0.4, 0.5) is 0 Å². The van der Waals surface area contributed by atoms with Gasteiger partial charge in [0.05, 0.1) is 12.5 Å². The Kier molecular flexibility index (Phi) is 4.05. The van der Waals surface area contributed by atoms with Crippen LogP contribution >= 0.6 is 0 Å². The van der Waals surface area contributed by atoms with Gasteiger partial charge in [0, 0.05) is 12.6 Å². The molecule has 0 aromatic carbocycles. The second-order valence-electron chi connectivity index (χ2n) is 5.83. The Labute approximate surface area is 109 Å². The zero-order valence-corrected chi connectivity index (χ0v) is 11.6. The normalized spacial score (nSPS) is 36.7. The summed E-state index contributed by atoms with van der Waals surface area (Å²) in [6.07, 6.45) is 3.51. The first-order chi connectivity index (χ1) is 8.54. The number of carbonyl (C=O) groups excluding carboxylic acids is 2. The molecule has 4 heteroatoms. The molecule has 4 atom stereocenters. The number of likely N-dealkylation sites (tertiary alicyclic amines) is 1. The highest BCUT2D eigenvalue weighted by atomic mass is 16.2. The first-order valence-corrected chi connectivity index (χ1v) is 7.14. The summed E-state index contributed by atoms with van der Waals surface area (Å²) in [4.78, 5) is 25.3. The van der Waals surface area contributed by atoms with Crippen molar-refractivity contribution in [2.24, 2.45) is 11.8 Å². The lowest BCUT2D eigenvalue weighted by Crippen LogP contribution is -2.45. The van der Waals surface area contributed by atoms with Gasteiger partial charge in [-0.3, -0.25) is 14.5 Å². The van der Waals surface area contributed by atoms with Gasteiger partial charge in [-0.05, 0) is 31.1 Å². The molecular weight excluding hydrogens is 228 g/mol. The number of hydrogen-bond donors (Lipinski definition) is 1. The van der Waals surface area contributed by atoms with Crippen molar-refractivity contribution in [3.05, 3.63) is 0 Å². The third-order valence-electron chi connectivity index (χ3n) is 4.57. The molecule has 1 N–H and O–H groups in total. The van der Waals surface area contributed by atoms with Gasteiger partial charge in [-0.25, -0.2) is 0 Å². The smallest absolute Gasteiger partial charge is 0.246 e. The fourth-order valence-electron chi connectivity index (χ4n) is 3.13. The quantitative estimate of drug-likeness (QED) is 0.772. The van der Waals surface area contributed by atoms with E-state index >= 15 is 0 Å². The molecule has 0 aromatic rings. The molecule has 1 saturated heterocycles.